The van der Waals surface area contributed by atoms with E-state index in [1.807, 2.05) is 0 Å². The van der Waals surface area contributed by atoms with E-state index in [1.165, 1.54) is 4.57 Å². The lowest BCUT2D eigenvalue weighted by atomic mass is 10.1. The third-order valence-corrected chi connectivity index (χ3v) is 14.8. The summed E-state index contributed by atoms with van der Waals surface area (Å²) < 4.78 is 91.0. The van der Waals surface area contributed by atoms with Crippen LogP contribution in [-0.4, -0.2) is 130 Å². The Bertz CT molecular complexity index is 2640. The van der Waals surface area contributed by atoms with Crippen LogP contribution in [0.3, 0.4) is 0 Å². The molecule has 2 aliphatic heterocycles. The maximum absolute atomic E-state index is 12.9. The summed E-state index contributed by atoms with van der Waals surface area (Å²) in [5.41, 5.74) is 12.4. The molecule has 336 valence electrons. The van der Waals surface area contributed by atoms with Gasteiger partial charge in [-0.2, -0.15) is 12.9 Å². The van der Waals surface area contributed by atoms with E-state index in [4.69, 9.17) is 30.2 Å². The average Bonchev–Trinajstić information content (AvgIpc) is 3.94. The van der Waals surface area contributed by atoms with Gasteiger partial charge in [0.1, 0.15) is 54.2 Å². The normalized spacial score (nSPS) is 28.0. The second-order valence-electron chi connectivity index (χ2n) is 13.1. The highest BCUT2D eigenvalue weighted by molar-refractivity contribution is 7.69. The fourth-order valence-corrected chi connectivity index (χ4v) is 11.1. The van der Waals surface area contributed by atoms with E-state index in [2.05, 4.69) is 47.4 Å². The Labute approximate surface area is 345 Å². The number of benzene rings is 1. The van der Waals surface area contributed by atoms with Crippen molar-refractivity contribution in [3.8, 4) is 0 Å². The van der Waals surface area contributed by atoms with Crippen molar-refractivity contribution in [3.05, 3.63) is 61.2 Å². The fourth-order valence-electron chi connectivity index (χ4n) is 6.20. The smallest absolute Gasteiger partial charge is 0.456 e. The molecule has 0 amide bonds. The zero-order chi connectivity index (χ0) is 44.8. The third-order valence-electron chi connectivity index (χ3n) is 8.85. The maximum Gasteiger partial charge on any atom is 0.490 e. The Morgan fingerprint density at radius 2 is 1.11 bits per heavy atom. The molecule has 30 nitrogen and oxygen atoms in total. The largest absolute Gasteiger partial charge is 0.490 e. The molecule has 4 aromatic heterocycles. The Kier molecular flexibility index (Phi) is 13.1. The van der Waals surface area contributed by atoms with E-state index in [0.717, 1.165) is 29.9 Å². The van der Waals surface area contributed by atoms with E-state index in [9.17, 15) is 57.9 Å². The van der Waals surface area contributed by atoms with E-state index >= 15 is 0 Å². The highest BCUT2D eigenvalue weighted by Crippen LogP contribution is 2.71. The van der Waals surface area contributed by atoms with Gasteiger partial charge in [-0.05, 0) is 5.56 Å². The number of phosphoric ester groups is 2. The molecule has 4 unspecified atom stereocenters. The summed E-state index contributed by atoms with van der Waals surface area (Å²) >= 11 is 0. The molecule has 5 aromatic rings. The number of rotatable bonds is 17. The van der Waals surface area contributed by atoms with Gasteiger partial charge in [0, 0.05) is 0 Å². The first-order valence-corrected chi connectivity index (χ1v) is 23.3. The Morgan fingerprint density at radius 3 is 1.65 bits per heavy atom. The number of phosphoric acid groups is 4. The van der Waals surface area contributed by atoms with Gasteiger partial charge in [0.2, 0.25) is 0 Å². The SMILES string of the molecule is Nc1ncnc2c1ncn2[C@@H]1O[C@H](COP(=O)(O)OP(=O)(O)OP(=O)(O)OP(=O)(O)OC[C@H]2O[C@H](n3cnc4c(N)ncnc43)[C@@H](O)[C@H]2OC(=O)Cc2ccccc2)[C@@H](O)[C@H]1O. The number of aromatic nitrogens is 8. The zero-order valence-corrected chi connectivity index (χ0v) is 34.5. The lowest BCUT2D eigenvalue weighted by molar-refractivity contribution is -0.155. The number of hydrogen-bond acceptors (Lipinski definition) is 24. The summed E-state index contributed by atoms with van der Waals surface area (Å²) in [6.45, 7) is -2.27. The second-order valence-corrected chi connectivity index (χ2v) is 19.3. The highest BCUT2D eigenvalue weighted by atomic mass is 31.3. The number of esters is 1. The van der Waals surface area contributed by atoms with Gasteiger partial charge < -0.3 is 60.6 Å². The minimum Gasteiger partial charge on any atom is -0.456 e. The first kappa shape index (κ1) is 45.8. The molecule has 11 N–H and O–H groups in total. The van der Waals surface area contributed by atoms with Crippen molar-refractivity contribution < 1.29 is 94.1 Å². The van der Waals surface area contributed by atoms with Crippen molar-refractivity contribution in [2.45, 2.75) is 55.5 Å². The van der Waals surface area contributed by atoms with Crippen LogP contribution in [0.15, 0.2) is 55.6 Å². The van der Waals surface area contributed by atoms with E-state index in [-0.39, 0.29) is 40.4 Å². The van der Waals surface area contributed by atoms with Crippen LogP contribution in [0.5, 0.6) is 0 Å². The molecule has 0 radical (unpaired) electrons. The van der Waals surface area contributed by atoms with Crippen LogP contribution < -0.4 is 11.5 Å². The minimum absolute atomic E-state index is 0.0208. The number of nitrogens with zero attached hydrogens (tertiary/aromatic N) is 8. The van der Waals surface area contributed by atoms with Crippen molar-refractivity contribution in [1.29, 1.82) is 0 Å². The molecule has 12 atom stereocenters. The Balaban J connectivity index is 0.965. The van der Waals surface area contributed by atoms with Crippen LogP contribution in [0.25, 0.3) is 22.3 Å². The Hall–Kier alpha value is -4.25. The molecule has 2 aliphatic rings. The third kappa shape index (κ3) is 10.2. The van der Waals surface area contributed by atoms with E-state index in [1.54, 1.807) is 30.3 Å². The fraction of sp³-hybridized carbons (Fsp3) is 0.393. The molecule has 0 bridgehead atoms. The summed E-state index contributed by atoms with van der Waals surface area (Å²) in [6.07, 6.45) is -8.95. The molecule has 0 saturated carbocycles. The lowest BCUT2D eigenvalue weighted by Gasteiger charge is -2.22. The standard InChI is InChI=1S/C28H34N10O20P4/c29-23-17-25(33-9-31-23)37(11-35-17)27-20(41)19(40)14(53-27)7-51-59(43,44)56-61(47,48)58-62(49,50)57-60(45,46)52-8-15-22(55-16(39)6-13-4-2-1-3-5-13)21(42)28(54-15)38-12-36-18-24(30)32-10-34-26(18)38/h1-5,9-12,14-15,19-22,27-28,40-42H,6-8H2,(H,43,44)(H,45,46)(H,47,48)(H,49,50)(H2,29,31,33)(H2,30,32,34)/t14-,15-,19-,20-,21+,22+,27-,28+/m1/s1. The van der Waals surface area contributed by atoms with Crippen molar-refractivity contribution >= 4 is 71.2 Å². The lowest BCUT2D eigenvalue weighted by Crippen LogP contribution is -2.38. The van der Waals surface area contributed by atoms with Crippen molar-refractivity contribution in [1.82, 2.24) is 39.0 Å². The number of aliphatic hydroxyl groups is 3. The molecule has 34 heteroatoms. The number of fused-ring (bicyclic) bond motifs is 2. The number of carbonyl (C=O) groups excluding carboxylic acids is 1. The van der Waals surface area contributed by atoms with Crippen molar-refractivity contribution in [3.63, 3.8) is 0 Å². The van der Waals surface area contributed by atoms with Gasteiger partial charge in [-0.15, -0.1) is 0 Å². The van der Waals surface area contributed by atoms with Gasteiger partial charge in [0.15, 0.2) is 41.5 Å². The van der Waals surface area contributed by atoms with Crippen molar-refractivity contribution in [2.24, 2.45) is 0 Å². The second kappa shape index (κ2) is 17.7. The maximum atomic E-state index is 12.9. The molecular weight excluding hydrogens is 920 g/mol. The molecule has 1 aromatic carbocycles. The zero-order valence-electron chi connectivity index (χ0n) is 30.9. The minimum atomic E-state index is -6.28. The summed E-state index contributed by atoms with van der Waals surface area (Å²) in [6, 6.07) is 8.24. The van der Waals surface area contributed by atoms with E-state index in [0.29, 0.717) is 5.56 Å². The quantitative estimate of drug-likeness (QED) is 0.0413. The van der Waals surface area contributed by atoms with Gasteiger partial charge in [-0.1, -0.05) is 30.3 Å². The average molecular weight is 955 g/mol. The predicted octanol–water partition coefficient (Wildman–Crippen LogP) is -0.653. The van der Waals surface area contributed by atoms with Gasteiger partial charge in [-0.3, -0.25) is 23.0 Å². The van der Waals surface area contributed by atoms with Crippen LogP contribution in [0.2, 0.25) is 0 Å². The summed E-state index contributed by atoms with van der Waals surface area (Å²) in [4.78, 5) is 77.1. The number of hydrogen-bond donors (Lipinski definition) is 9. The summed E-state index contributed by atoms with van der Waals surface area (Å²) in [5.74, 6) is -0.951. The van der Waals surface area contributed by atoms with Crippen LogP contribution in [0, 0.1) is 0 Å². The van der Waals surface area contributed by atoms with Crippen LogP contribution in [0.1, 0.15) is 18.0 Å². The van der Waals surface area contributed by atoms with E-state index < -0.39 is 99.6 Å². The molecule has 2 saturated heterocycles. The number of nitrogen functional groups attached to an aromatic ring is 2. The van der Waals surface area contributed by atoms with Crippen LogP contribution in [0.4, 0.5) is 11.6 Å². The number of carbonyl (C=O) groups is 1. The molecule has 7 rings (SSSR count). The van der Waals surface area contributed by atoms with Crippen LogP contribution in [-0.2, 0) is 65.7 Å². The number of anilines is 2. The van der Waals surface area contributed by atoms with Gasteiger partial charge in [0.25, 0.3) is 0 Å². The molecule has 62 heavy (non-hydrogen) atoms. The molecule has 2 fully saturated rings. The monoisotopic (exact) mass is 954 g/mol. The Morgan fingerprint density at radius 1 is 0.645 bits per heavy atom. The van der Waals surface area contributed by atoms with Gasteiger partial charge >= 0.3 is 37.3 Å². The number of ether oxygens (including phenoxy) is 3. The molecule has 0 spiro atoms. The summed E-state index contributed by atoms with van der Waals surface area (Å²) in [7, 11) is -24.2. The number of imidazole rings is 2. The number of aliphatic hydroxyl groups excluding tert-OH is 3. The molecular formula is C28H34N10O20P4. The highest BCUT2D eigenvalue weighted by Gasteiger charge is 2.51. The van der Waals surface area contributed by atoms with Crippen molar-refractivity contribution in [2.75, 3.05) is 24.7 Å². The van der Waals surface area contributed by atoms with Crippen LogP contribution >= 0.6 is 31.3 Å². The summed E-state index contributed by atoms with van der Waals surface area (Å²) in [5, 5.41) is 32.3. The van der Waals surface area contributed by atoms with Gasteiger partial charge in [-0.25, -0.2) is 48.2 Å². The molecule has 0 aliphatic carbocycles. The first-order chi connectivity index (χ1) is 29.1. The topological polar surface area (TPSA) is 440 Å². The van der Waals surface area contributed by atoms with Gasteiger partial charge in [0.05, 0.1) is 32.3 Å². The molecule has 6 heterocycles. The predicted molar refractivity (Wildman–Crippen MR) is 200 cm³/mol. The first-order valence-electron chi connectivity index (χ1n) is 17.3. The number of nitrogens with two attached hydrogens (primary N) is 2.